The Morgan fingerprint density at radius 3 is 2.05 bits per heavy atom. The number of aliphatic carboxylic acids is 2. The molecule has 0 fully saturated rings. The van der Waals surface area contributed by atoms with Crippen molar-refractivity contribution in [3.8, 4) is 0 Å². The largest absolute Gasteiger partial charge is 0.481 e. The van der Waals surface area contributed by atoms with Crippen molar-refractivity contribution in [1.82, 2.24) is 25.9 Å². The molecule has 10 N–H and O–H groups in total. The van der Waals surface area contributed by atoms with Gasteiger partial charge in [-0.15, -0.1) is 0 Å². The summed E-state index contributed by atoms with van der Waals surface area (Å²) in [6.45, 7) is 0. The van der Waals surface area contributed by atoms with Gasteiger partial charge < -0.3 is 42.6 Å². The second kappa shape index (κ2) is 14.8. The Labute approximate surface area is 222 Å². The lowest BCUT2D eigenvalue weighted by Crippen LogP contribution is -2.58. The number of hydrogen-bond acceptors (Lipinski definition) is 8. The minimum Gasteiger partial charge on any atom is -0.481 e. The molecule has 0 saturated heterocycles. The second-order valence-corrected chi connectivity index (χ2v) is 8.70. The van der Waals surface area contributed by atoms with Crippen molar-refractivity contribution in [2.75, 3.05) is 0 Å². The Morgan fingerprint density at radius 2 is 1.49 bits per heavy atom. The Bertz CT molecular complexity index is 1160. The zero-order chi connectivity index (χ0) is 28.9. The van der Waals surface area contributed by atoms with Crippen molar-refractivity contribution in [3.05, 3.63) is 54.1 Å². The molecule has 15 heteroatoms. The Morgan fingerprint density at radius 1 is 0.872 bits per heavy atom. The van der Waals surface area contributed by atoms with Gasteiger partial charge in [0.05, 0.1) is 18.8 Å². The summed E-state index contributed by atoms with van der Waals surface area (Å²) in [6.07, 6.45) is 1.25. The third-order valence-electron chi connectivity index (χ3n) is 5.55. The number of aromatic nitrogens is 2. The molecule has 4 unspecified atom stereocenters. The number of H-pyrrole nitrogens is 1. The molecule has 1 aromatic heterocycles. The fourth-order valence-corrected chi connectivity index (χ4v) is 3.55. The number of carboxylic acid groups (broad SMARTS) is 2. The molecule has 1 aromatic carbocycles. The highest BCUT2D eigenvalue weighted by molar-refractivity contribution is 5.96. The van der Waals surface area contributed by atoms with Gasteiger partial charge in [0.2, 0.25) is 23.6 Å². The molecule has 0 spiro atoms. The average molecular weight is 546 g/mol. The summed E-state index contributed by atoms with van der Waals surface area (Å²) in [5.41, 5.74) is 12.3. The number of nitrogens with one attached hydrogen (secondary N) is 4. The number of aromatic amines is 1. The first-order valence-corrected chi connectivity index (χ1v) is 11.9. The van der Waals surface area contributed by atoms with Gasteiger partial charge in [0.25, 0.3) is 0 Å². The van der Waals surface area contributed by atoms with Crippen LogP contribution >= 0.6 is 0 Å². The number of nitrogens with zero attached hydrogens (tertiary/aromatic N) is 1. The van der Waals surface area contributed by atoms with Crippen LogP contribution in [-0.4, -0.2) is 79.9 Å². The molecule has 0 aliphatic heterocycles. The normalized spacial score (nSPS) is 13.8. The number of carbonyl (C=O) groups excluding carboxylic acids is 4. The van der Waals surface area contributed by atoms with E-state index in [2.05, 4.69) is 25.9 Å². The zero-order valence-corrected chi connectivity index (χ0v) is 20.8. The molecule has 0 aliphatic carbocycles. The molecule has 39 heavy (non-hydrogen) atoms. The first-order valence-electron chi connectivity index (χ1n) is 11.9. The quantitative estimate of drug-likeness (QED) is 0.113. The predicted octanol–water partition coefficient (Wildman–Crippen LogP) is -2.20. The van der Waals surface area contributed by atoms with Gasteiger partial charge in [-0.25, -0.2) is 9.78 Å². The van der Waals surface area contributed by atoms with Crippen molar-refractivity contribution >= 4 is 35.6 Å². The number of hydrogen-bond donors (Lipinski definition) is 8. The standard InChI is InChI=1S/C24H31N7O8/c25-15(9-14-11-27-12-28-14)21(35)29-16(6-7-20(33)34)22(36)30-17(10-19(26)32)23(37)31-18(24(38)39)8-13-4-2-1-3-5-13/h1-5,11-12,15-18H,6-10,25H2,(H2,26,32)(H,27,28)(H,29,35)(H,30,36)(H,31,37)(H,33,34)(H,38,39). The summed E-state index contributed by atoms with van der Waals surface area (Å²) < 4.78 is 0. The number of primary amides is 1. The van der Waals surface area contributed by atoms with Gasteiger partial charge in [-0.2, -0.15) is 0 Å². The van der Waals surface area contributed by atoms with E-state index in [1.807, 2.05) is 0 Å². The molecule has 4 amide bonds. The lowest BCUT2D eigenvalue weighted by atomic mass is 10.0. The summed E-state index contributed by atoms with van der Waals surface area (Å²) in [5, 5.41) is 25.5. The Balaban J connectivity index is 2.14. The number of carboxylic acids is 2. The topological polar surface area (TPSA) is 260 Å². The van der Waals surface area contributed by atoms with Crippen LogP contribution in [0, 0.1) is 0 Å². The van der Waals surface area contributed by atoms with Gasteiger partial charge in [0, 0.05) is 31.2 Å². The fraction of sp³-hybridized carbons (Fsp3) is 0.375. The third-order valence-corrected chi connectivity index (χ3v) is 5.55. The highest BCUT2D eigenvalue weighted by atomic mass is 16.4. The maximum atomic E-state index is 13.0. The molecule has 0 aliphatic rings. The van der Waals surface area contributed by atoms with Crippen LogP contribution in [0.4, 0.5) is 0 Å². The van der Waals surface area contributed by atoms with E-state index in [0.717, 1.165) is 0 Å². The average Bonchev–Trinajstić information content (AvgIpc) is 3.38. The predicted molar refractivity (Wildman–Crippen MR) is 135 cm³/mol. The number of rotatable bonds is 16. The van der Waals surface area contributed by atoms with Gasteiger partial charge in [-0.05, 0) is 12.0 Å². The molecule has 2 aromatic rings. The van der Waals surface area contributed by atoms with Gasteiger partial charge in [0.15, 0.2) is 0 Å². The van der Waals surface area contributed by atoms with Crippen molar-refractivity contribution in [1.29, 1.82) is 0 Å². The third kappa shape index (κ3) is 10.6. The molecule has 4 atom stereocenters. The lowest BCUT2D eigenvalue weighted by Gasteiger charge is -2.24. The van der Waals surface area contributed by atoms with Gasteiger partial charge >= 0.3 is 11.9 Å². The van der Waals surface area contributed by atoms with Gasteiger partial charge in [-0.3, -0.25) is 24.0 Å². The van der Waals surface area contributed by atoms with Gasteiger partial charge in [-0.1, -0.05) is 30.3 Å². The van der Waals surface area contributed by atoms with E-state index in [-0.39, 0.29) is 19.3 Å². The van der Waals surface area contributed by atoms with Crippen molar-refractivity contribution < 1.29 is 39.0 Å². The molecule has 2 rings (SSSR count). The highest BCUT2D eigenvalue weighted by Gasteiger charge is 2.31. The van der Waals surface area contributed by atoms with E-state index < -0.39 is 72.6 Å². The number of carbonyl (C=O) groups is 6. The molecule has 0 bridgehead atoms. The van der Waals surface area contributed by atoms with Crippen LogP contribution in [0.3, 0.4) is 0 Å². The second-order valence-electron chi connectivity index (χ2n) is 8.70. The fourth-order valence-electron chi connectivity index (χ4n) is 3.55. The summed E-state index contributed by atoms with van der Waals surface area (Å²) in [7, 11) is 0. The molecule has 0 saturated carbocycles. The maximum absolute atomic E-state index is 13.0. The summed E-state index contributed by atoms with van der Waals surface area (Å²) in [6, 6.07) is 2.89. The van der Waals surface area contributed by atoms with Crippen LogP contribution in [0.5, 0.6) is 0 Å². The maximum Gasteiger partial charge on any atom is 0.326 e. The SMILES string of the molecule is NC(=O)CC(NC(=O)C(CCC(=O)O)NC(=O)C(N)Cc1cnc[nH]1)C(=O)NC(Cc1ccccc1)C(=O)O. The lowest BCUT2D eigenvalue weighted by molar-refractivity contribution is -0.142. The Hall–Kier alpha value is -4.79. The molecule has 210 valence electrons. The van der Waals surface area contributed by atoms with E-state index >= 15 is 0 Å². The minimum absolute atomic E-state index is 0.0454. The number of nitrogens with two attached hydrogens (primary N) is 2. The van der Waals surface area contributed by atoms with E-state index in [1.54, 1.807) is 30.3 Å². The first kappa shape index (κ1) is 30.4. The molecule has 1 heterocycles. The summed E-state index contributed by atoms with van der Waals surface area (Å²) in [4.78, 5) is 79.6. The van der Waals surface area contributed by atoms with Crippen LogP contribution < -0.4 is 27.4 Å². The first-order chi connectivity index (χ1) is 18.5. The van der Waals surface area contributed by atoms with Crippen LogP contribution in [0.25, 0.3) is 0 Å². The zero-order valence-electron chi connectivity index (χ0n) is 20.8. The van der Waals surface area contributed by atoms with Gasteiger partial charge in [0.1, 0.15) is 18.1 Å². The number of benzene rings is 1. The van der Waals surface area contributed by atoms with Crippen LogP contribution in [0.2, 0.25) is 0 Å². The molecular formula is C24H31N7O8. The molecule has 0 radical (unpaired) electrons. The van der Waals surface area contributed by atoms with E-state index in [9.17, 15) is 33.9 Å². The smallest absolute Gasteiger partial charge is 0.326 e. The number of amides is 4. The van der Waals surface area contributed by atoms with E-state index in [0.29, 0.717) is 11.3 Å². The highest BCUT2D eigenvalue weighted by Crippen LogP contribution is 2.06. The van der Waals surface area contributed by atoms with E-state index in [1.165, 1.54) is 12.5 Å². The molecule has 15 nitrogen and oxygen atoms in total. The Kier molecular flexibility index (Phi) is 11.6. The van der Waals surface area contributed by atoms with Crippen LogP contribution in [0.15, 0.2) is 42.9 Å². The van der Waals surface area contributed by atoms with Crippen LogP contribution in [0.1, 0.15) is 30.5 Å². The van der Waals surface area contributed by atoms with Crippen molar-refractivity contribution in [2.24, 2.45) is 11.5 Å². The number of imidazole rings is 1. The summed E-state index contributed by atoms with van der Waals surface area (Å²) in [5.74, 6) is -6.35. The summed E-state index contributed by atoms with van der Waals surface area (Å²) >= 11 is 0. The van der Waals surface area contributed by atoms with E-state index in [4.69, 9.17) is 16.6 Å². The monoisotopic (exact) mass is 545 g/mol. The molecular weight excluding hydrogens is 514 g/mol. The van der Waals surface area contributed by atoms with Crippen molar-refractivity contribution in [3.63, 3.8) is 0 Å². The van der Waals surface area contributed by atoms with Crippen LogP contribution in [-0.2, 0) is 41.6 Å². The van der Waals surface area contributed by atoms with Crippen molar-refractivity contribution in [2.45, 2.75) is 56.3 Å². The minimum atomic E-state index is -1.60.